The van der Waals surface area contributed by atoms with Crippen LogP contribution in [0.25, 0.3) is 0 Å². The van der Waals surface area contributed by atoms with Gasteiger partial charge in [0, 0.05) is 38.3 Å². The molecule has 1 fully saturated rings. The van der Waals surface area contributed by atoms with Gasteiger partial charge in [-0.05, 0) is 44.5 Å². The summed E-state index contributed by atoms with van der Waals surface area (Å²) in [5.74, 6) is 0.763. The third-order valence-corrected chi connectivity index (χ3v) is 3.85. The van der Waals surface area contributed by atoms with Crippen LogP contribution in [0.15, 0.2) is 24.3 Å². The zero-order valence-electron chi connectivity index (χ0n) is 14.7. The molecule has 1 aliphatic rings. The molecular formula is C18H27N3O3. The molecule has 0 atom stereocenters. The fourth-order valence-corrected chi connectivity index (χ4v) is 2.59. The normalized spacial score (nSPS) is 14.7. The average molecular weight is 333 g/mol. The number of rotatable bonds is 5. The smallest absolute Gasteiger partial charge is 0.317 e. The van der Waals surface area contributed by atoms with Gasteiger partial charge in [-0.25, -0.2) is 4.79 Å². The lowest BCUT2D eigenvalue weighted by molar-refractivity contribution is 0.0665. The highest BCUT2D eigenvalue weighted by Gasteiger charge is 2.24. The Morgan fingerprint density at radius 1 is 1.08 bits per heavy atom. The van der Waals surface area contributed by atoms with Crippen LogP contribution in [-0.4, -0.2) is 60.6 Å². The van der Waals surface area contributed by atoms with Gasteiger partial charge in [-0.15, -0.1) is 0 Å². The number of amides is 3. The third-order valence-electron chi connectivity index (χ3n) is 3.85. The van der Waals surface area contributed by atoms with E-state index in [-0.39, 0.29) is 18.0 Å². The number of ether oxygens (including phenoxy) is 1. The molecule has 2 rings (SSSR count). The minimum absolute atomic E-state index is 0.000265. The molecule has 1 aromatic carbocycles. The van der Waals surface area contributed by atoms with Crippen molar-refractivity contribution >= 4 is 11.9 Å². The SMILES string of the molecule is CCCNC(=O)N1CCN(C(=O)c2ccc(OC(C)C)cc2)CC1. The minimum Gasteiger partial charge on any atom is -0.491 e. The van der Waals surface area contributed by atoms with E-state index in [0.717, 1.165) is 12.2 Å². The van der Waals surface area contributed by atoms with Crippen molar-refractivity contribution in [3.8, 4) is 5.75 Å². The Morgan fingerprint density at radius 3 is 2.21 bits per heavy atom. The van der Waals surface area contributed by atoms with Gasteiger partial charge in [-0.2, -0.15) is 0 Å². The molecule has 0 aliphatic carbocycles. The molecule has 0 aromatic heterocycles. The van der Waals surface area contributed by atoms with Crippen molar-refractivity contribution in [3.05, 3.63) is 29.8 Å². The fraction of sp³-hybridized carbons (Fsp3) is 0.556. The van der Waals surface area contributed by atoms with E-state index in [1.54, 1.807) is 21.9 Å². The molecule has 1 N–H and O–H groups in total. The summed E-state index contributed by atoms with van der Waals surface area (Å²) in [6.07, 6.45) is 1.03. The van der Waals surface area contributed by atoms with Crippen LogP contribution >= 0.6 is 0 Å². The molecule has 0 saturated carbocycles. The first kappa shape index (κ1) is 18.1. The molecule has 24 heavy (non-hydrogen) atoms. The number of hydrogen-bond acceptors (Lipinski definition) is 3. The summed E-state index contributed by atoms with van der Waals surface area (Å²) in [4.78, 5) is 28.0. The van der Waals surface area contributed by atoms with Gasteiger partial charge < -0.3 is 19.9 Å². The zero-order valence-corrected chi connectivity index (χ0v) is 14.7. The summed E-state index contributed by atoms with van der Waals surface area (Å²) in [5.41, 5.74) is 0.648. The first-order chi connectivity index (χ1) is 11.5. The third kappa shape index (κ3) is 4.88. The fourth-order valence-electron chi connectivity index (χ4n) is 2.59. The molecule has 1 aromatic rings. The van der Waals surface area contributed by atoms with Crippen LogP contribution in [0.1, 0.15) is 37.6 Å². The van der Waals surface area contributed by atoms with Crippen molar-refractivity contribution in [2.24, 2.45) is 0 Å². The molecule has 0 spiro atoms. The van der Waals surface area contributed by atoms with Gasteiger partial charge >= 0.3 is 6.03 Å². The Hall–Kier alpha value is -2.24. The Balaban J connectivity index is 1.87. The van der Waals surface area contributed by atoms with Gasteiger partial charge in [-0.3, -0.25) is 4.79 Å². The van der Waals surface area contributed by atoms with E-state index in [1.165, 1.54) is 0 Å². The van der Waals surface area contributed by atoms with Crippen molar-refractivity contribution in [2.75, 3.05) is 32.7 Å². The lowest BCUT2D eigenvalue weighted by Gasteiger charge is -2.34. The van der Waals surface area contributed by atoms with E-state index in [1.807, 2.05) is 32.9 Å². The van der Waals surface area contributed by atoms with Crippen LogP contribution in [0.5, 0.6) is 5.75 Å². The van der Waals surface area contributed by atoms with Crippen molar-refractivity contribution in [1.82, 2.24) is 15.1 Å². The van der Waals surface area contributed by atoms with Crippen LogP contribution in [0.3, 0.4) is 0 Å². The second kappa shape index (κ2) is 8.57. The first-order valence-electron chi connectivity index (χ1n) is 8.60. The molecule has 0 radical (unpaired) electrons. The molecule has 6 heteroatoms. The van der Waals surface area contributed by atoms with Crippen LogP contribution in [0.4, 0.5) is 4.79 Å². The standard InChI is InChI=1S/C18H27N3O3/c1-4-9-19-18(23)21-12-10-20(11-13-21)17(22)15-5-7-16(8-6-15)24-14(2)3/h5-8,14H,4,9-13H2,1-3H3,(H,19,23). The largest absolute Gasteiger partial charge is 0.491 e. The zero-order chi connectivity index (χ0) is 17.5. The monoisotopic (exact) mass is 333 g/mol. The molecule has 1 saturated heterocycles. The van der Waals surface area contributed by atoms with Crippen LogP contribution in [-0.2, 0) is 0 Å². The average Bonchev–Trinajstić information content (AvgIpc) is 2.59. The van der Waals surface area contributed by atoms with Crippen LogP contribution in [0.2, 0.25) is 0 Å². The van der Waals surface area contributed by atoms with Gasteiger partial charge in [0.2, 0.25) is 0 Å². The molecule has 1 heterocycles. The van der Waals surface area contributed by atoms with Gasteiger partial charge in [0.15, 0.2) is 0 Å². The van der Waals surface area contributed by atoms with Gasteiger partial charge in [-0.1, -0.05) is 6.92 Å². The topological polar surface area (TPSA) is 61.9 Å². The van der Waals surface area contributed by atoms with E-state index in [4.69, 9.17) is 4.74 Å². The maximum atomic E-state index is 12.5. The van der Waals surface area contributed by atoms with Gasteiger partial charge in [0.1, 0.15) is 5.75 Å². The van der Waals surface area contributed by atoms with Crippen LogP contribution in [0, 0.1) is 0 Å². The Morgan fingerprint density at radius 2 is 1.67 bits per heavy atom. The number of nitrogens with zero attached hydrogens (tertiary/aromatic N) is 2. The van der Waals surface area contributed by atoms with E-state index < -0.39 is 0 Å². The van der Waals surface area contributed by atoms with E-state index >= 15 is 0 Å². The highest BCUT2D eigenvalue weighted by Crippen LogP contribution is 2.16. The summed E-state index contributed by atoms with van der Waals surface area (Å²) < 4.78 is 5.59. The minimum atomic E-state index is -0.0425. The van der Waals surface area contributed by atoms with Gasteiger partial charge in [0.25, 0.3) is 5.91 Å². The molecule has 6 nitrogen and oxygen atoms in total. The highest BCUT2D eigenvalue weighted by atomic mass is 16.5. The Bertz CT molecular complexity index is 549. The number of piperazine rings is 1. The Labute approximate surface area is 143 Å². The second-order valence-electron chi connectivity index (χ2n) is 6.20. The maximum absolute atomic E-state index is 12.5. The van der Waals surface area contributed by atoms with Gasteiger partial charge in [0.05, 0.1) is 6.10 Å². The number of carbonyl (C=O) groups excluding carboxylic acids is 2. The van der Waals surface area contributed by atoms with Crippen molar-refractivity contribution in [1.29, 1.82) is 0 Å². The number of hydrogen-bond donors (Lipinski definition) is 1. The number of carbonyl (C=O) groups is 2. The molecule has 132 valence electrons. The second-order valence-corrected chi connectivity index (χ2v) is 6.20. The summed E-state index contributed by atoms with van der Waals surface area (Å²) in [6, 6.07) is 7.18. The summed E-state index contributed by atoms with van der Waals surface area (Å²) in [7, 11) is 0. The molecule has 1 aliphatic heterocycles. The molecular weight excluding hydrogens is 306 g/mol. The molecule has 3 amide bonds. The summed E-state index contributed by atoms with van der Waals surface area (Å²) >= 11 is 0. The summed E-state index contributed by atoms with van der Waals surface area (Å²) in [5, 5.41) is 2.87. The number of nitrogens with one attached hydrogen (secondary N) is 1. The van der Waals surface area contributed by atoms with E-state index in [2.05, 4.69) is 5.32 Å². The maximum Gasteiger partial charge on any atom is 0.317 e. The lowest BCUT2D eigenvalue weighted by atomic mass is 10.1. The highest BCUT2D eigenvalue weighted by molar-refractivity contribution is 5.94. The van der Waals surface area contributed by atoms with E-state index in [0.29, 0.717) is 38.3 Å². The number of benzene rings is 1. The first-order valence-corrected chi connectivity index (χ1v) is 8.60. The quantitative estimate of drug-likeness (QED) is 0.900. The Kier molecular flexibility index (Phi) is 6.46. The molecule has 0 bridgehead atoms. The van der Waals surface area contributed by atoms with Crippen LogP contribution < -0.4 is 10.1 Å². The molecule has 0 unspecified atom stereocenters. The summed E-state index contributed by atoms with van der Waals surface area (Å²) in [6.45, 7) is 8.89. The van der Waals surface area contributed by atoms with E-state index in [9.17, 15) is 9.59 Å². The van der Waals surface area contributed by atoms with Crippen molar-refractivity contribution in [3.63, 3.8) is 0 Å². The predicted octanol–water partition coefficient (Wildman–Crippen LogP) is 2.35. The predicted molar refractivity (Wildman–Crippen MR) is 93.4 cm³/mol. The number of urea groups is 1. The van der Waals surface area contributed by atoms with Crippen molar-refractivity contribution < 1.29 is 14.3 Å². The lowest BCUT2D eigenvalue weighted by Crippen LogP contribution is -2.53. The van der Waals surface area contributed by atoms with Crippen molar-refractivity contribution in [2.45, 2.75) is 33.3 Å².